The van der Waals surface area contributed by atoms with Gasteiger partial charge in [0.2, 0.25) is 15.9 Å². The van der Waals surface area contributed by atoms with E-state index >= 15 is 0 Å². The van der Waals surface area contributed by atoms with Gasteiger partial charge in [0, 0.05) is 25.6 Å². The monoisotopic (exact) mass is 308 g/mol. The predicted molar refractivity (Wildman–Crippen MR) is 79.2 cm³/mol. The van der Waals surface area contributed by atoms with Crippen molar-refractivity contribution in [2.45, 2.75) is 37.1 Å². The Hall–Kier alpha value is -1.40. The fourth-order valence-corrected chi connectivity index (χ4v) is 4.67. The SMILES string of the molecule is Cc1ccc(S(=O)(=O)N2CCC3NC(=O)CCC3C2)cc1. The van der Waals surface area contributed by atoms with Gasteiger partial charge in [0.1, 0.15) is 0 Å². The van der Waals surface area contributed by atoms with Crippen LogP contribution in [0.2, 0.25) is 0 Å². The summed E-state index contributed by atoms with van der Waals surface area (Å²) in [6.45, 7) is 2.91. The molecule has 2 fully saturated rings. The van der Waals surface area contributed by atoms with Crippen LogP contribution in [0.5, 0.6) is 0 Å². The van der Waals surface area contributed by atoms with E-state index in [-0.39, 0.29) is 17.9 Å². The van der Waals surface area contributed by atoms with Crippen LogP contribution in [-0.2, 0) is 14.8 Å². The zero-order valence-electron chi connectivity index (χ0n) is 12.1. The maximum Gasteiger partial charge on any atom is 0.243 e. The molecule has 2 aliphatic heterocycles. The van der Waals surface area contributed by atoms with Crippen LogP contribution in [0.15, 0.2) is 29.2 Å². The molecule has 1 aromatic carbocycles. The highest BCUT2D eigenvalue weighted by Gasteiger charge is 2.38. The Labute approximate surface area is 125 Å². The van der Waals surface area contributed by atoms with Crippen molar-refractivity contribution in [1.29, 1.82) is 0 Å². The number of nitrogens with zero attached hydrogens (tertiary/aromatic N) is 1. The zero-order chi connectivity index (χ0) is 15.0. The first-order valence-electron chi connectivity index (χ1n) is 7.33. The first kappa shape index (κ1) is 14.5. The highest BCUT2D eigenvalue weighted by Crippen LogP contribution is 2.29. The Bertz CT molecular complexity index is 639. The summed E-state index contributed by atoms with van der Waals surface area (Å²) in [5.74, 6) is 0.322. The lowest BCUT2D eigenvalue weighted by atomic mass is 9.86. The molecule has 0 saturated carbocycles. The minimum Gasteiger partial charge on any atom is -0.353 e. The molecule has 0 spiro atoms. The number of amides is 1. The molecule has 2 saturated heterocycles. The van der Waals surface area contributed by atoms with E-state index in [9.17, 15) is 13.2 Å². The number of hydrogen-bond donors (Lipinski definition) is 1. The molecule has 21 heavy (non-hydrogen) atoms. The molecule has 5 nitrogen and oxygen atoms in total. The van der Waals surface area contributed by atoms with Gasteiger partial charge in [-0.05, 0) is 37.8 Å². The second kappa shape index (κ2) is 5.42. The summed E-state index contributed by atoms with van der Waals surface area (Å²) >= 11 is 0. The fourth-order valence-electron chi connectivity index (χ4n) is 3.15. The number of nitrogens with one attached hydrogen (secondary N) is 1. The van der Waals surface area contributed by atoms with Crippen molar-refractivity contribution in [2.75, 3.05) is 13.1 Å². The molecule has 3 rings (SSSR count). The van der Waals surface area contributed by atoms with Gasteiger partial charge in [-0.1, -0.05) is 17.7 Å². The molecule has 1 amide bonds. The van der Waals surface area contributed by atoms with Crippen LogP contribution in [0.3, 0.4) is 0 Å². The number of piperidine rings is 2. The fraction of sp³-hybridized carbons (Fsp3) is 0.533. The normalized spacial score (nSPS) is 27.0. The maximum atomic E-state index is 12.7. The lowest BCUT2D eigenvalue weighted by Crippen LogP contribution is -2.54. The molecule has 0 aliphatic carbocycles. The number of sulfonamides is 1. The second-order valence-electron chi connectivity index (χ2n) is 5.94. The molecule has 114 valence electrons. The lowest BCUT2D eigenvalue weighted by Gasteiger charge is -2.40. The summed E-state index contributed by atoms with van der Waals surface area (Å²) in [6, 6.07) is 7.11. The van der Waals surface area contributed by atoms with Crippen LogP contribution < -0.4 is 5.32 Å². The highest BCUT2D eigenvalue weighted by molar-refractivity contribution is 7.89. The van der Waals surface area contributed by atoms with Gasteiger partial charge in [-0.25, -0.2) is 8.42 Å². The van der Waals surface area contributed by atoms with Gasteiger partial charge in [0.15, 0.2) is 0 Å². The molecule has 2 heterocycles. The van der Waals surface area contributed by atoms with Gasteiger partial charge in [-0.15, -0.1) is 0 Å². The number of carbonyl (C=O) groups excluding carboxylic acids is 1. The third kappa shape index (κ3) is 2.82. The van der Waals surface area contributed by atoms with E-state index in [0.29, 0.717) is 30.8 Å². The quantitative estimate of drug-likeness (QED) is 0.895. The summed E-state index contributed by atoms with van der Waals surface area (Å²) in [4.78, 5) is 11.8. The minimum absolute atomic E-state index is 0.0890. The number of carbonyl (C=O) groups is 1. The minimum atomic E-state index is -3.42. The number of fused-ring (bicyclic) bond motifs is 1. The Kier molecular flexibility index (Phi) is 3.75. The highest BCUT2D eigenvalue weighted by atomic mass is 32.2. The lowest BCUT2D eigenvalue weighted by molar-refractivity contribution is -0.124. The molecule has 1 aromatic rings. The van der Waals surface area contributed by atoms with E-state index in [2.05, 4.69) is 5.32 Å². The van der Waals surface area contributed by atoms with E-state index < -0.39 is 10.0 Å². The van der Waals surface area contributed by atoms with Gasteiger partial charge in [-0.2, -0.15) is 4.31 Å². The van der Waals surface area contributed by atoms with Gasteiger partial charge in [0.25, 0.3) is 0 Å². The molecule has 2 unspecified atom stereocenters. The van der Waals surface area contributed by atoms with Crippen molar-refractivity contribution in [3.05, 3.63) is 29.8 Å². The summed E-state index contributed by atoms with van der Waals surface area (Å²) in [6.07, 6.45) is 1.97. The van der Waals surface area contributed by atoms with Gasteiger partial charge in [-0.3, -0.25) is 4.79 Å². The average Bonchev–Trinajstić information content (AvgIpc) is 2.47. The second-order valence-corrected chi connectivity index (χ2v) is 7.88. The van der Waals surface area contributed by atoms with Crippen molar-refractivity contribution < 1.29 is 13.2 Å². The van der Waals surface area contributed by atoms with E-state index in [0.717, 1.165) is 12.0 Å². The Morgan fingerprint density at radius 2 is 1.90 bits per heavy atom. The molecule has 2 atom stereocenters. The third-order valence-corrected chi connectivity index (χ3v) is 6.32. The Balaban J connectivity index is 1.78. The molecular weight excluding hydrogens is 288 g/mol. The molecular formula is C15H20N2O3S. The van der Waals surface area contributed by atoms with Crippen LogP contribution in [0, 0.1) is 12.8 Å². The molecule has 0 aromatic heterocycles. The summed E-state index contributed by atoms with van der Waals surface area (Å²) < 4.78 is 26.9. The number of rotatable bonds is 2. The van der Waals surface area contributed by atoms with Crippen molar-refractivity contribution in [1.82, 2.24) is 9.62 Å². The van der Waals surface area contributed by atoms with Crippen LogP contribution in [0.25, 0.3) is 0 Å². The van der Waals surface area contributed by atoms with Gasteiger partial charge in [0.05, 0.1) is 4.90 Å². The van der Waals surface area contributed by atoms with Crippen molar-refractivity contribution >= 4 is 15.9 Å². The zero-order valence-corrected chi connectivity index (χ0v) is 12.9. The summed E-state index contributed by atoms with van der Waals surface area (Å²) in [7, 11) is -3.42. The van der Waals surface area contributed by atoms with E-state index in [4.69, 9.17) is 0 Å². The topological polar surface area (TPSA) is 66.5 Å². The van der Waals surface area contributed by atoms with Gasteiger partial charge < -0.3 is 5.32 Å². The number of hydrogen-bond acceptors (Lipinski definition) is 3. The van der Waals surface area contributed by atoms with Crippen molar-refractivity contribution in [3.8, 4) is 0 Å². The Morgan fingerprint density at radius 3 is 2.62 bits per heavy atom. The average molecular weight is 308 g/mol. The van der Waals surface area contributed by atoms with Crippen LogP contribution >= 0.6 is 0 Å². The standard InChI is InChI=1S/C15H20N2O3S/c1-11-2-5-13(6-3-11)21(19,20)17-9-8-14-12(10-17)4-7-15(18)16-14/h2-3,5-6,12,14H,4,7-10H2,1H3,(H,16,18). The predicted octanol–water partition coefficient (Wildman–Crippen LogP) is 1.28. The molecule has 6 heteroatoms. The molecule has 0 bridgehead atoms. The van der Waals surface area contributed by atoms with E-state index in [1.165, 1.54) is 0 Å². The molecule has 1 N–H and O–H groups in total. The van der Waals surface area contributed by atoms with Crippen LogP contribution in [0.4, 0.5) is 0 Å². The summed E-state index contributed by atoms with van der Waals surface area (Å²) in [5, 5.41) is 2.98. The number of benzene rings is 1. The maximum absolute atomic E-state index is 12.7. The smallest absolute Gasteiger partial charge is 0.243 e. The van der Waals surface area contributed by atoms with E-state index in [1.807, 2.05) is 19.1 Å². The Morgan fingerprint density at radius 1 is 1.19 bits per heavy atom. The third-order valence-electron chi connectivity index (χ3n) is 4.44. The van der Waals surface area contributed by atoms with Gasteiger partial charge >= 0.3 is 0 Å². The summed E-state index contributed by atoms with van der Waals surface area (Å²) in [5.41, 5.74) is 1.04. The molecule has 2 aliphatic rings. The molecule has 0 radical (unpaired) electrons. The first-order chi connectivity index (χ1) is 9.96. The first-order valence-corrected chi connectivity index (χ1v) is 8.77. The van der Waals surface area contributed by atoms with E-state index in [1.54, 1.807) is 16.4 Å². The largest absolute Gasteiger partial charge is 0.353 e. The number of aryl methyl sites for hydroxylation is 1. The van der Waals surface area contributed by atoms with Crippen molar-refractivity contribution in [3.63, 3.8) is 0 Å². The van der Waals surface area contributed by atoms with Crippen molar-refractivity contribution in [2.24, 2.45) is 5.92 Å². The van der Waals surface area contributed by atoms with Crippen LogP contribution in [-0.4, -0.2) is 37.8 Å². The van der Waals surface area contributed by atoms with Crippen LogP contribution in [0.1, 0.15) is 24.8 Å².